The first-order valence-electron chi connectivity index (χ1n) is 6.01. The number of halogens is 1. The zero-order chi connectivity index (χ0) is 12.3. The summed E-state index contributed by atoms with van der Waals surface area (Å²) in [7, 11) is 2.04. The zero-order valence-electron chi connectivity index (χ0n) is 10.2. The summed E-state index contributed by atoms with van der Waals surface area (Å²) >= 11 is 7.37. The van der Waals surface area contributed by atoms with Crippen molar-refractivity contribution in [1.29, 1.82) is 0 Å². The molecule has 1 saturated carbocycles. The molecule has 1 aliphatic rings. The molecule has 0 spiro atoms. The molecule has 0 aromatic carbocycles. The SMILES string of the molecule is CN(Cc1nc(CCl)cs1)CC1(O)CCCC1. The van der Waals surface area contributed by atoms with E-state index in [4.69, 9.17) is 11.6 Å². The second-order valence-electron chi connectivity index (χ2n) is 4.97. The molecule has 0 unspecified atom stereocenters. The smallest absolute Gasteiger partial charge is 0.107 e. The van der Waals surface area contributed by atoms with Gasteiger partial charge in [0.2, 0.25) is 0 Å². The highest BCUT2D eigenvalue weighted by molar-refractivity contribution is 7.09. The van der Waals surface area contributed by atoms with Crippen molar-refractivity contribution < 1.29 is 5.11 Å². The molecule has 2 rings (SSSR count). The second kappa shape index (κ2) is 5.65. The van der Waals surface area contributed by atoms with Gasteiger partial charge in [-0.2, -0.15) is 0 Å². The zero-order valence-corrected chi connectivity index (χ0v) is 11.7. The average molecular weight is 275 g/mol. The minimum Gasteiger partial charge on any atom is -0.389 e. The van der Waals surface area contributed by atoms with Gasteiger partial charge in [-0.1, -0.05) is 12.8 Å². The molecule has 1 fully saturated rings. The standard InChI is InChI=1S/C12H19ClN2OS/c1-15(9-12(16)4-2-3-5-12)7-11-14-10(6-13)8-17-11/h8,16H,2-7,9H2,1H3. The van der Waals surface area contributed by atoms with E-state index in [0.717, 1.165) is 49.5 Å². The minimum atomic E-state index is -0.471. The van der Waals surface area contributed by atoms with Crippen molar-refractivity contribution in [3.63, 3.8) is 0 Å². The molecule has 0 amide bonds. The Morgan fingerprint density at radius 3 is 2.82 bits per heavy atom. The molecular formula is C12H19ClN2OS. The maximum Gasteiger partial charge on any atom is 0.107 e. The van der Waals surface area contributed by atoms with E-state index in [1.807, 2.05) is 12.4 Å². The van der Waals surface area contributed by atoms with Gasteiger partial charge >= 0.3 is 0 Å². The second-order valence-corrected chi connectivity index (χ2v) is 6.18. The molecule has 0 aliphatic heterocycles. The number of aliphatic hydroxyl groups is 1. The van der Waals surface area contributed by atoms with E-state index in [1.54, 1.807) is 11.3 Å². The maximum atomic E-state index is 10.3. The first kappa shape index (κ1) is 13.3. The third kappa shape index (κ3) is 3.65. The third-order valence-corrected chi connectivity index (χ3v) is 4.40. The Hall–Kier alpha value is -0.160. The Morgan fingerprint density at radius 1 is 1.53 bits per heavy atom. The number of hydrogen-bond acceptors (Lipinski definition) is 4. The Balaban J connectivity index is 1.86. The largest absolute Gasteiger partial charge is 0.389 e. The summed E-state index contributed by atoms with van der Waals surface area (Å²) in [5, 5.41) is 13.4. The quantitative estimate of drug-likeness (QED) is 0.839. The number of alkyl halides is 1. The Kier molecular flexibility index (Phi) is 4.42. The lowest BCUT2D eigenvalue weighted by atomic mass is 10.0. The lowest BCUT2D eigenvalue weighted by Crippen LogP contribution is -2.38. The van der Waals surface area contributed by atoms with Crippen LogP contribution in [0.5, 0.6) is 0 Å². The van der Waals surface area contributed by atoms with Crippen LogP contribution in [-0.2, 0) is 12.4 Å². The van der Waals surface area contributed by atoms with Crippen molar-refractivity contribution in [2.24, 2.45) is 0 Å². The molecule has 96 valence electrons. The number of nitrogens with zero attached hydrogens (tertiary/aromatic N) is 2. The predicted octanol–water partition coefficient (Wildman–Crippen LogP) is 2.62. The van der Waals surface area contributed by atoms with Gasteiger partial charge in [0.25, 0.3) is 0 Å². The van der Waals surface area contributed by atoms with Gasteiger partial charge in [-0.3, -0.25) is 4.90 Å². The first-order chi connectivity index (χ1) is 8.11. The summed E-state index contributed by atoms with van der Waals surface area (Å²) in [5.41, 5.74) is 0.473. The Bertz CT molecular complexity index is 363. The highest BCUT2D eigenvalue weighted by Gasteiger charge is 2.32. The highest BCUT2D eigenvalue weighted by atomic mass is 35.5. The number of thiazole rings is 1. The van der Waals surface area contributed by atoms with Crippen molar-refractivity contribution in [3.05, 3.63) is 16.1 Å². The van der Waals surface area contributed by atoms with E-state index in [-0.39, 0.29) is 0 Å². The van der Waals surface area contributed by atoms with E-state index in [1.165, 1.54) is 0 Å². The van der Waals surface area contributed by atoms with E-state index in [0.29, 0.717) is 5.88 Å². The van der Waals surface area contributed by atoms with Gasteiger partial charge in [-0.15, -0.1) is 22.9 Å². The average Bonchev–Trinajstić information content (AvgIpc) is 2.87. The molecule has 3 nitrogen and oxygen atoms in total. The molecule has 0 atom stereocenters. The third-order valence-electron chi connectivity index (χ3n) is 3.24. The lowest BCUT2D eigenvalue weighted by molar-refractivity contribution is 0.0145. The van der Waals surface area contributed by atoms with Crippen LogP contribution in [0.1, 0.15) is 36.4 Å². The monoisotopic (exact) mass is 274 g/mol. The van der Waals surface area contributed by atoms with Crippen LogP contribution in [0.4, 0.5) is 0 Å². The van der Waals surface area contributed by atoms with Crippen LogP contribution in [0.25, 0.3) is 0 Å². The molecule has 1 aromatic heterocycles. The van der Waals surface area contributed by atoms with E-state index >= 15 is 0 Å². The number of likely N-dealkylation sites (N-methyl/N-ethyl adjacent to an activating group) is 1. The van der Waals surface area contributed by atoms with E-state index < -0.39 is 5.60 Å². The lowest BCUT2D eigenvalue weighted by Gasteiger charge is -2.27. The normalized spacial score (nSPS) is 19.1. The van der Waals surface area contributed by atoms with E-state index in [2.05, 4.69) is 9.88 Å². The van der Waals surface area contributed by atoms with E-state index in [9.17, 15) is 5.11 Å². The van der Waals surface area contributed by atoms with Crippen molar-refractivity contribution in [3.8, 4) is 0 Å². The molecule has 0 saturated heterocycles. The van der Waals surface area contributed by atoms with Crippen LogP contribution < -0.4 is 0 Å². The fourth-order valence-electron chi connectivity index (χ4n) is 2.46. The van der Waals surface area contributed by atoms with Crippen LogP contribution in [0.3, 0.4) is 0 Å². The fraction of sp³-hybridized carbons (Fsp3) is 0.750. The number of rotatable bonds is 5. The van der Waals surface area contributed by atoms with Crippen molar-refractivity contribution in [2.75, 3.05) is 13.6 Å². The molecule has 1 heterocycles. The van der Waals surface area contributed by atoms with Crippen LogP contribution in [-0.4, -0.2) is 34.2 Å². The molecule has 17 heavy (non-hydrogen) atoms. The predicted molar refractivity (Wildman–Crippen MR) is 71.4 cm³/mol. The summed E-state index contributed by atoms with van der Waals surface area (Å²) in [6.45, 7) is 1.53. The minimum absolute atomic E-state index is 0.471. The van der Waals surface area contributed by atoms with Gasteiger partial charge in [0.05, 0.1) is 23.7 Å². The van der Waals surface area contributed by atoms with Crippen LogP contribution >= 0.6 is 22.9 Å². The molecule has 1 aliphatic carbocycles. The summed E-state index contributed by atoms with van der Waals surface area (Å²) in [4.78, 5) is 6.58. The van der Waals surface area contributed by atoms with Gasteiger partial charge < -0.3 is 5.11 Å². The summed E-state index contributed by atoms with van der Waals surface area (Å²) < 4.78 is 0. The molecule has 0 bridgehead atoms. The van der Waals surface area contributed by atoms with Crippen LogP contribution in [0, 0.1) is 0 Å². The molecule has 1 N–H and O–H groups in total. The van der Waals surface area contributed by atoms with Gasteiger partial charge in [0.15, 0.2) is 0 Å². The molecule has 0 radical (unpaired) electrons. The Labute approximate surface area is 111 Å². The van der Waals surface area contributed by atoms with Gasteiger partial charge in [-0.05, 0) is 19.9 Å². The topological polar surface area (TPSA) is 36.4 Å². The van der Waals surface area contributed by atoms with Crippen LogP contribution in [0.2, 0.25) is 0 Å². The number of hydrogen-bond donors (Lipinski definition) is 1. The number of aromatic nitrogens is 1. The summed E-state index contributed by atoms with van der Waals surface area (Å²) in [6, 6.07) is 0. The fourth-order valence-corrected chi connectivity index (χ4v) is 3.56. The van der Waals surface area contributed by atoms with Crippen LogP contribution in [0.15, 0.2) is 5.38 Å². The maximum absolute atomic E-state index is 10.3. The summed E-state index contributed by atoms with van der Waals surface area (Å²) in [6.07, 6.45) is 4.17. The van der Waals surface area contributed by atoms with Crippen molar-refractivity contribution in [2.45, 2.75) is 43.7 Å². The molecular weight excluding hydrogens is 256 g/mol. The summed E-state index contributed by atoms with van der Waals surface area (Å²) in [5.74, 6) is 0.476. The van der Waals surface area contributed by atoms with Gasteiger partial charge in [0, 0.05) is 11.9 Å². The van der Waals surface area contributed by atoms with Gasteiger partial charge in [0.1, 0.15) is 5.01 Å². The van der Waals surface area contributed by atoms with Crippen molar-refractivity contribution in [1.82, 2.24) is 9.88 Å². The highest BCUT2D eigenvalue weighted by Crippen LogP contribution is 2.30. The molecule has 5 heteroatoms. The first-order valence-corrected chi connectivity index (χ1v) is 7.43. The van der Waals surface area contributed by atoms with Gasteiger partial charge in [-0.25, -0.2) is 4.98 Å². The Morgan fingerprint density at radius 2 is 2.24 bits per heavy atom. The van der Waals surface area contributed by atoms with Crippen molar-refractivity contribution >= 4 is 22.9 Å². The molecule has 1 aromatic rings.